The van der Waals surface area contributed by atoms with E-state index in [0.29, 0.717) is 18.9 Å². The van der Waals surface area contributed by atoms with Gasteiger partial charge in [-0.05, 0) is 33.4 Å². The molecule has 0 amide bonds. The fourth-order valence-electron chi connectivity index (χ4n) is 1.63. The molecule has 0 atom stereocenters. The van der Waals surface area contributed by atoms with Gasteiger partial charge in [-0.1, -0.05) is 6.92 Å². The van der Waals surface area contributed by atoms with Gasteiger partial charge in [0.15, 0.2) is 0 Å². The molecule has 0 aliphatic carbocycles. The zero-order valence-corrected chi connectivity index (χ0v) is 10.8. The number of carbonyl (C=O) groups is 1. The van der Waals surface area contributed by atoms with Crippen LogP contribution in [0.1, 0.15) is 32.3 Å². The normalized spacial score (nSPS) is 11.8. The van der Waals surface area contributed by atoms with Gasteiger partial charge in [-0.15, -0.1) is 0 Å². The Bertz CT molecular complexity index is 404. The molecule has 5 heteroatoms. The van der Waals surface area contributed by atoms with E-state index >= 15 is 0 Å². The van der Waals surface area contributed by atoms with Crippen molar-refractivity contribution >= 4 is 5.97 Å². The van der Waals surface area contributed by atoms with Crippen molar-refractivity contribution < 1.29 is 9.90 Å². The summed E-state index contributed by atoms with van der Waals surface area (Å²) in [6.45, 7) is 8.34. The number of carboxylic acids is 1. The van der Waals surface area contributed by atoms with Gasteiger partial charge >= 0.3 is 5.97 Å². The lowest BCUT2D eigenvalue weighted by atomic mass is 10.0. The van der Waals surface area contributed by atoms with E-state index in [0.717, 1.165) is 5.69 Å². The zero-order valence-electron chi connectivity index (χ0n) is 10.8. The van der Waals surface area contributed by atoms with Gasteiger partial charge in [0, 0.05) is 12.7 Å². The minimum atomic E-state index is -0.895. The second kappa shape index (κ2) is 5.23. The maximum atomic E-state index is 11.2. The Morgan fingerprint density at radius 2 is 2.18 bits per heavy atom. The van der Waals surface area contributed by atoms with Gasteiger partial charge in [0.05, 0.1) is 5.69 Å². The SMILES string of the molecule is CCN(Cc1ccnc(C)n1)C(C)(C)C(=O)O. The number of aromatic nitrogens is 2. The highest BCUT2D eigenvalue weighted by molar-refractivity contribution is 5.77. The maximum Gasteiger partial charge on any atom is 0.323 e. The van der Waals surface area contributed by atoms with Gasteiger partial charge in [-0.25, -0.2) is 9.97 Å². The molecule has 0 spiro atoms. The number of aliphatic carboxylic acids is 1. The van der Waals surface area contributed by atoms with Crippen molar-refractivity contribution in [2.45, 2.75) is 39.8 Å². The summed E-state index contributed by atoms with van der Waals surface area (Å²) in [5.41, 5.74) is -0.0539. The molecule has 0 fully saturated rings. The van der Waals surface area contributed by atoms with E-state index in [4.69, 9.17) is 0 Å². The standard InChI is InChI=1S/C12H19N3O2/c1-5-15(12(3,4)11(16)17)8-10-6-7-13-9(2)14-10/h6-7H,5,8H2,1-4H3,(H,16,17). The molecule has 1 aromatic rings. The molecular weight excluding hydrogens is 218 g/mol. The molecule has 0 aliphatic rings. The van der Waals surface area contributed by atoms with Crippen LogP contribution in [0.4, 0.5) is 0 Å². The number of aryl methyl sites for hydroxylation is 1. The molecule has 1 heterocycles. The first-order valence-electron chi connectivity index (χ1n) is 5.65. The Morgan fingerprint density at radius 1 is 1.53 bits per heavy atom. The van der Waals surface area contributed by atoms with Crippen LogP contribution < -0.4 is 0 Å². The third kappa shape index (κ3) is 3.23. The summed E-state index contributed by atoms with van der Waals surface area (Å²) in [4.78, 5) is 21.4. The summed E-state index contributed by atoms with van der Waals surface area (Å²) < 4.78 is 0. The largest absolute Gasteiger partial charge is 0.480 e. The van der Waals surface area contributed by atoms with Crippen molar-refractivity contribution in [3.8, 4) is 0 Å². The summed E-state index contributed by atoms with van der Waals surface area (Å²) in [6.07, 6.45) is 1.69. The predicted molar refractivity (Wildman–Crippen MR) is 64.6 cm³/mol. The molecule has 1 rings (SSSR count). The van der Waals surface area contributed by atoms with E-state index in [9.17, 15) is 9.90 Å². The second-order valence-electron chi connectivity index (χ2n) is 4.47. The van der Waals surface area contributed by atoms with Crippen LogP contribution in [0, 0.1) is 6.92 Å². The molecule has 0 saturated heterocycles. The molecule has 0 radical (unpaired) electrons. The average molecular weight is 237 g/mol. The van der Waals surface area contributed by atoms with Crippen LogP contribution >= 0.6 is 0 Å². The summed E-state index contributed by atoms with van der Waals surface area (Å²) >= 11 is 0. The van der Waals surface area contributed by atoms with Crippen LogP contribution in [-0.2, 0) is 11.3 Å². The van der Waals surface area contributed by atoms with Gasteiger partial charge < -0.3 is 5.11 Å². The van der Waals surface area contributed by atoms with Crippen LogP contribution in [0.3, 0.4) is 0 Å². The molecule has 1 aromatic heterocycles. The summed E-state index contributed by atoms with van der Waals surface area (Å²) in [5.74, 6) is -0.128. The molecule has 0 saturated carbocycles. The van der Waals surface area contributed by atoms with Crippen LogP contribution in [0.2, 0.25) is 0 Å². The topological polar surface area (TPSA) is 66.3 Å². The third-order valence-corrected chi connectivity index (χ3v) is 2.88. The molecular formula is C12H19N3O2. The highest BCUT2D eigenvalue weighted by Gasteiger charge is 2.33. The number of carboxylic acid groups (broad SMARTS) is 1. The Hall–Kier alpha value is -1.49. The molecule has 5 nitrogen and oxygen atoms in total. The van der Waals surface area contributed by atoms with Crippen molar-refractivity contribution in [2.75, 3.05) is 6.54 Å². The second-order valence-corrected chi connectivity index (χ2v) is 4.47. The van der Waals surface area contributed by atoms with E-state index in [1.165, 1.54) is 0 Å². The average Bonchev–Trinajstić information content (AvgIpc) is 2.25. The molecule has 0 aromatic carbocycles. The molecule has 94 valence electrons. The van der Waals surface area contributed by atoms with Crippen LogP contribution in [-0.4, -0.2) is 38.0 Å². The van der Waals surface area contributed by atoms with Crippen LogP contribution in [0.15, 0.2) is 12.3 Å². The first kappa shape index (κ1) is 13.6. The molecule has 0 bridgehead atoms. The van der Waals surface area contributed by atoms with Gasteiger partial charge in [-0.3, -0.25) is 9.69 Å². The van der Waals surface area contributed by atoms with Crippen molar-refractivity contribution in [2.24, 2.45) is 0 Å². The Kier molecular flexibility index (Phi) is 4.17. The number of rotatable bonds is 5. The number of hydrogen-bond acceptors (Lipinski definition) is 4. The minimum Gasteiger partial charge on any atom is -0.480 e. The van der Waals surface area contributed by atoms with Crippen molar-refractivity contribution in [1.82, 2.24) is 14.9 Å². The fourth-order valence-corrected chi connectivity index (χ4v) is 1.63. The fraction of sp³-hybridized carbons (Fsp3) is 0.583. The van der Waals surface area contributed by atoms with Gasteiger partial charge in [-0.2, -0.15) is 0 Å². The zero-order chi connectivity index (χ0) is 13.1. The van der Waals surface area contributed by atoms with E-state index < -0.39 is 11.5 Å². The van der Waals surface area contributed by atoms with E-state index in [1.54, 1.807) is 20.0 Å². The molecule has 0 unspecified atom stereocenters. The van der Waals surface area contributed by atoms with Gasteiger partial charge in [0.25, 0.3) is 0 Å². The van der Waals surface area contributed by atoms with E-state index in [-0.39, 0.29) is 0 Å². The summed E-state index contributed by atoms with van der Waals surface area (Å²) in [7, 11) is 0. The lowest BCUT2D eigenvalue weighted by Crippen LogP contribution is -2.49. The number of nitrogens with zero attached hydrogens (tertiary/aromatic N) is 3. The van der Waals surface area contributed by atoms with Gasteiger partial charge in [0.2, 0.25) is 0 Å². The first-order valence-corrected chi connectivity index (χ1v) is 5.65. The highest BCUT2D eigenvalue weighted by Crippen LogP contribution is 2.17. The minimum absolute atomic E-state index is 0.513. The lowest BCUT2D eigenvalue weighted by molar-refractivity contribution is -0.149. The van der Waals surface area contributed by atoms with E-state index in [1.807, 2.05) is 24.8 Å². The Morgan fingerprint density at radius 3 is 2.65 bits per heavy atom. The first-order chi connectivity index (χ1) is 7.87. The quantitative estimate of drug-likeness (QED) is 0.840. The maximum absolute atomic E-state index is 11.2. The molecule has 0 aliphatic heterocycles. The lowest BCUT2D eigenvalue weighted by Gasteiger charge is -2.33. The Labute approximate surface area is 102 Å². The van der Waals surface area contributed by atoms with E-state index in [2.05, 4.69) is 9.97 Å². The smallest absolute Gasteiger partial charge is 0.323 e. The highest BCUT2D eigenvalue weighted by atomic mass is 16.4. The van der Waals surface area contributed by atoms with Crippen LogP contribution in [0.5, 0.6) is 0 Å². The van der Waals surface area contributed by atoms with Gasteiger partial charge in [0.1, 0.15) is 11.4 Å². The predicted octanol–water partition coefficient (Wildman–Crippen LogP) is 1.47. The monoisotopic (exact) mass is 237 g/mol. The molecule has 17 heavy (non-hydrogen) atoms. The van der Waals surface area contributed by atoms with Crippen molar-refractivity contribution in [3.63, 3.8) is 0 Å². The summed E-state index contributed by atoms with van der Waals surface area (Å²) in [6, 6.07) is 1.81. The number of hydrogen-bond donors (Lipinski definition) is 1. The molecule has 1 N–H and O–H groups in total. The Balaban J connectivity index is 2.87. The van der Waals surface area contributed by atoms with Crippen molar-refractivity contribution in [3.05, 3.63) is 23.8 Å². The number of likely N-dealkylation sites (N-methyl/N-ethyl adjacent to an activating group) is 1. The van der Waals surface area contributed by atoms with Crippen LogP contribution in [0.25, 0.3) is 0 Å². The van der Waals surface area contributed by atoms with Crippen molar-refractivity contribution in [1.29, 1.82) is 0 Å². The third-order valence-electron chi connectivity index (χ3n) is 2.88. The summed E-state index contributed by atoms with van der Waals surface area (Å²) in [5, 5.41) is 9.20.